The molecule has 0 radical (unpaired) electrons. The van der Waals surface area contributed by atoms with Gasteiger partial charge in [-0.2, -0.15) is 0 Å². The van der Waals surface area contributed by atoms with E-state index in [4.69, 9.17) is 13.6 Å². The van der Waals surface area contributed by atoms with Crippen LogP contribution < -0.4 is 0 Å². The van der Waals surface area contributed by atoms with Crippen molar-refractivity contribution in [3.05, 3.63) is 25.0 Å². The summed E-state index contributed by atoms with van der Waals surface area (Å²) in [5.74, 6) is -1.19. The number of carboxylic acids is 1. The molecule has 0 aromatic heterocycles. The van der Waals surface area contributed by atoms with Gasteiger partial charge in [-0.25, -0.2) is 4.79 Å². The molecular formula is C19H36O6Si2. The summed E-state index contributed by atoms with van der Waals surface area (Å²) in [6, 6.07) is 0.723. The molecule has 0 rings (SSSR count). The Hall–Kier alpha value is -1.39. The van der Waals surface area contributed by atoms with Crippen LogP contribution in [0.4, 0.5) is 0 Å². The van der Waals surface area contributed by atoms with Crippen LogP contribution in [0.25, 0.3) is 0 Å². The Kier molecular flexibility index (Phi) is 11.5. The molecule has 0 spiro atoms. The van der Waals surface area contributed by atoms with E-state index in [1.165, 1.54) is 6.26 Å². The molecule has 6 nitrogen and oxygen atoms in total. The number of carbonyl (C=O) groups excluding carboxylic acids is 1. The maximum atomic E-state index is 12.0. The first-order chi connectivity index (χ1) is 12.4. The number of esters is 1. The maximum Gasteiger partial charge on any atom is 0.333 e. The molecule has 0 aromatic rings. The quantitative estimate of drug-likeness (QED) is 0.137. The fourth-order valence-corrected chi connectivity index (χ4v) is 12.2. The van der Waals surface area contributed by atoms with Crippen LogP contribution in [0.5, 0.6) is 0 Å². The Morgan fingerprint density at radius 3 is 2.22 bits per heavy atom. The first-order valence-corrected chi connectivity index (χ1v) is 15.5. The predicted molar refractivity (Wildman–Crippen MR) is 113 cm³/mol. The van der Waals surface area contributed by atoms with Gasteiger partial charge in [-0.05, 0) is 58.4 Å². The van der Waals surface area contributed by atoms with E-state index in [2.05, 4.69) is 32.8 Å². The highest BCUT2D eigenvalue weighted by molar-refractivity contribution is 6.87. The van der Waals surface area contributed by atoms with Crippen LogP contribution in [0.1, 0.15) is 32.6 Å². The second kappa shape index (κ2) is 12.1. The zero-order valence-corrected chi connectivity index (χ0v) is 19.5. The van der Waals surface area contributed by atoms with Crippen LogP contribution in [0.3, 0.4) is 0 Å². The van der Waals surface area contributed by atoms with E-state index in [1.54, 1.807) is 6.92 Å². The van der Waals surface area contributed by atoms with E-state index in [1.807, 2.05) is 6.55 Å². The summed E-state index contributed by atoms with van der Waals surface area (Å²) in [5.41, 5.74) is -0.112. The predicted octanol–water partition coefficient (Wildman–Crippen LogP) is 4.71. The van der Waals surface area contributed by atoms with E-state index in [0.29, 0.717) is 38.0 Å². The number of ether oxygens (including phenoxy) is 2. The summed E-state index contributed by atoms with van der Waals surface area (Å²) in [6.07, 6.45) is 4.00. The van der Waals surface area contributed by atoms with Gasteiger partial charge in [-0.15, -0.1) is 0 Å². The molecule has 0 aliphatic rings. The smallest absolute Gasteiger partial charge is 0.333 e. The topological polar surface area (TPSA) is 82.1 Å². The molecule has 0 amide bonds. The number of carboxylic acid groups (broad SMARTS) is 1. The lowest BCUT2D eigenvalue weighted by molar-refractivity contribution is -0.139. The number of aliphatic carboxylic acids is 1. The van der Waals surface area contributed by atoms with Crippen LogP contribution in [-0.2, 0) is 23.2 Å². The van der Waals surface area contributed by atoms with Gasteiger partial charge in [0.05, 0.1) is 25.0 Å². The number of hydrogen-bond acceptors (Lipinski definition) is 5. The highest BCUT2D eigenvalue weighted by Crippen LogP contribution is 2.35. The third kappa shape index (κ3) is 11.1. The van der Waals surface area contributed by atoms with Gasteiger partial charge < -0.3 is 18.7 Å². The Bertz CT molecular complexity index is 515. The average Bonchev–Trinajstić information content (AvgIpc) is 2.51. The summed E-state index contributed by atoms with van der Waals surface area (Å²) in [6.45, 7) is 17.7. The molecule has 0 bridgehead atoms. The van der Waals surface area contributed by atoms with E-state index < -0.39 is 28.1 Å². The van der Waals surface area contributed by atoms with Crippen molar-refractivity contribution in [1.29, 1.82) is 0 Å². The summed E-state index contributed by atoms with van der Waals surface area (Å²) in [7, 11) is -4.42. The zero-order valence-electron chi connectivity index (χ0n) is 17.5. The van der Waals surface area contributed by atoms with Crippen LogP contribution in [0, 0.1) is 0 Å². The van der Waals surface area contributed by atoms with Gasteiger partial charge in [0, 0.05) is 5.57 Å². The Labute approximate surface area is 165 Å². The Balaban J connectivity index is 4.93. The van der Waals surface area contributed by atoms with Crippen LogP contribution in [-0.4, -0.2) is 46.9 Å². The third-order valence-electron chi connectivity index (χ3n) is 4.10. The summed E-state index contributed by atoms with van der Waals surface area (Å²) < 4.78 is 16.7. The maximum absolute atomic E-state index is 12.0. The van der Waals surface area contributed by atoms with Gasteiger partial charge in [0.15, 0.2) is 16.6 Å². The van der Waals surface area contributed by atoms with Crippen LogP contribution in [0.15, 0.2) is 25.0 Å². The number of carbonyl (C=O) groups is 2. The van der Waals surface area contributed by atoms with Crippen molar-refractivity contribution in [2.24, 2.45) is 0 Å². The number of rotatable bonds is 15. The van der Waals surface area contributed by atoms with Crippen LogP contribution >= 0.6 is 0 Å². The van der Waals surface area contributed by atoms with Gasteiger partial charge in [-0.3, -0.25) is 4.79 Å². The lowest BCUT2D eigenvalue weighted by Crippen LogP contribution is -2.50. The lowest BCUT2D eigenvalue weighted by atomic mass is 10.2. The Morgan fingerprint density at radius 1 is 1.11 bits per heavy atom. The monoisotopic (exact) mass is 416 g/mol. The molecule has 0 saturated heterocycles. The summed E-state index contributed by atoms with van der Waals surface area (Å²) >= 11 is 0. The van der Waals surface area contributed by atoms with Crippen molar-refractivity contribution in [2.75, 3.05) is 13.2 Å². The van der Waals surface area contributed by atoms with E-state index in [9.17, 15) is 14.7 Å². The van der Waals surface area contributed by atoms with Crippen molar-refractivity contribution < 1.29 is 28.3 Å². The lowest BCUT2D eigenvalue weighted by Gasteiger charge is -2.39. The van der Waals surface area contributed by atoms with Gasteiger partial charge in [-0.1, -0.05) is 19.6 Å². The first-order valence-electron chi connectivity index (χ1n) is 9.41. The molecular weight excluding hydrogens is 380 g/mol. The average molecular weight is 417 g/mol. The van der Waals surface area contributed by atoms with Crippen molar-refractivity contribution in [3.63, 3.8) is 0 Å². The summed E-state index contributed by atoms with van der Waals surface area (Å²) in [5, 5.41) is 9.83. The number of unbranched alkanes of at least 4 members (excludes halogenated alkanes) is 1. The van der Waals surface area contributed by atoms with Crippen molar-refractivity contribution in [2.45, 2.75) is 70.4 Å². The molecule has 0 aliphatic carbocycles. The molecule has 0 fully saturated rings. The third-order valence-corrected chi connectivity index (χ3v) is 11.8. The second-order valence-corrected chi connectivity index (χ2v) is 16.8. The Morgan fingerprint density at radius 2 is 1.74 bits per heavy atom. The fraction of sp³-hybridized carbons (Fsp3) is 0.684. The molecule has 0 saturated carbocycles. The molecule has 1 N–H and O–H groups in total. The largest absolute Gasteiger partial charge is 0.502 e. The first kappa shape index (κ1) is 25.6. The van der Waals surface area contributed by atoms with E-state index in [-0.39, 0.29) is 5.97 Å². The zero-order chi connectivity index (χ0) is 21.1. The normalized spacial score (nSPS) is 14.7. The summed E-state index contributed by atoms with van der Waals surface area (Å²) in [4.78, 5) is 23.4. The molecule has 2 unspecified atom stereocenters. The van der Waals surface area contributed by atoms with Crippen molar-refractivity contribution >= 4 is 28.6 Å². The molecule has 2 atom stereocenters. The van der Waals surface area contributed by atoms with Crippen LogP contribution in [0.2, 0.25) is 37.8 Å². The molecule has 0 aromatic carbocycles. The van der Waals surface area contributed by atoms with Gasteiger partial charge in [0.25, 0.3) is 0 Å². The van der Waals surface area contributed by atoms with E-state index in [0.717, 1.165) is 12.5 Å². The van der Waals surface area contributed by atoms with Gasteiger partial charge >= 0.3 is 11.9 Å². The number of hydrogen-bond donors (Lipinski definition) is 1. The van der Waals surface area contributed by atoms with Gasteiger partial charge in [0.2, 0.25) is 0 Å². The minimum Gasteiger partial charge on any atom is -0.502 e. The molecule has 156 valence electrons. The van der Waals surface area contributed by atoms with Crippen molar-refractivity contribution in [1.82, 2.24) is 0 Å². The molecule has 8 heteroatoms. The fourth-order valence-electron chi connectivity index (χ4n) is 3.01. The standard InChI is InChI=1S/C19H36O6Si2/c1-8-23-13-11-12-17(18(20)21)27(7,25-26(4,5)6)15-10-9-14-24-19(22)16(2)3/h8,17H,1-2,9-15H2,3-7H3,(H,20,21). The van der Waals surface area contributed by atoms with E-state index >= 15 is 0 Å². The minimum absolute atomic E-state index is 0.314. The molecule has 0 heterocycles. The SMILES string of the molecule is C=COCCCC(C(=O)O)[Si](C)(CCCCOC(=O)C(=C)C)O[Si](C)(C)C. The minimum atomic E-state index is -2.51. The highest BCUT2D eigenvalue weighted by atomic mass is 28.4. The highest BCUT2D eigenvalue weighted by Gasteiger charge is 2.44. The second-order valence-electron chi connectivity index (χ2n) is 7.97. The molecule has 27 heavy (non-hydrogen) atoms. The van der Waals surface area contributed by atoms with Gasteiger partial charge in [0.1, 0.15) is 0 Å². The van der Waals surface area contributed by atoms with Crippen molar-refractivity contribution in [3.8, 4) is 0 Å². The molecule has 0 aliphatic heterocycles.